The Hall–Kier alpha value is -2.24. The highest BCUT2D eigenvalue weighted by Gasteiger charge is 2.35. The number of nitrogens with zero attached hydrogens (tertiary/aromatic N) is 2. The molecule has 0 aliphatic carbocycles. The number of ketones is 1. The van der Waals surface area contributed by atoms with E-state index in [4.69, 9.17) is 0 Å². The van der Waals surface area contributed by atoms with Gasteiger partial charge in [0.1, 0.15) is 0 Å². The van der Waals surface area contributed by atoms with Crippen LogP contribution in [0.25, 0.3) is 0 Å². The van der Waals surface area contributed by atoms with E-state index >= 15 is 0 Å². The molecule has 0 aliphatic rings. The Morgan fingerprint density at radius 3 is 2.22 bits per heavy atom. The average molecular weight is 252 g/mol. The molecule has 1 heterocycles. The maximum absolute atomic E-state index is 12.7. The van der Waals surface area contributed by atoms with Crippen LogP contribution in [0.1, 0.15) is 21.7 Å². The molecule has 0 radical (unpaired) electrons. The smallest absolute Gasteiger partial charge is 0.285 e. The van der Waals surface area contributed by atoms with Crippen molar-refractivity contribution in [3.8, 4) is 0 Å². The van der Waals surface area contributed by atoms with Gasteiger partial charge in [0.05, 0.1) is 5.56 Å². The van der Waals surface area contributed by atoms with Crippen LogP contribution >= 0.6 is 0 Å². The van der Waals surface area contributed by atoms with Gasteiger partial charge in [-0.3, -0.25) is 4.79 Å². The molecule has 0 amide bonds. The van der Waals surface area contributed by atoms with Crippen molar-refractivity contribution in [1.29, 1.82) is 0 Å². The molecule has 2 aromatic rings. The lowest BCUT2D eigenvalue weighted by atomic mass is 10.0. The Kier molecular flexibility index (Phi) is 3.10. The first-order valence-corrected chi connectivity index (χ1v) is 4.98. The Balaban J connectivity index is 2.50. The molecule has 0 fully saturated rings. The molecule has 0 bridgehead atoms. The van der Waals surface area contributed by atoms with Crippen molar-refractivity contribution in [2.24, 2.45) is 0 Å². The van der Waals surface area contributed by atoms with Gasteiger partial charge < -0.3 is 0 Å². The zero-order chi connectivity index (χ0) is 13.2. The van der Waals surface area contributed by atoms with Crippen LogP contribution in [-0.2, 0) is 6.18 Å². The quantitative estimate of drug-likeness (QED) is 0.772. The molecule has 0 saturated carbocycles. The molecule has 0 unspecified atom stereocenters. The minimum Gasteiger partial charge on any atom is -0.285 e. The van der Waals surface area contributed by atoms with Crippen molar-refractivity contribution in [3.63, 3.8) is 0 Å². The normalized spacial score (nSPS) is 11.3. The summed E-state index contributed by atoms with van der Waals surface area (Å²) >= 11 is 0. The fourth-order valence-electron chi connectivity index (χ4n) is 1.47. The topological polar surface area (TPSA) is 42.9 Å². The first-order chi connectivity index (χ1) is 8.50. The minimum atomic E-state index is -4.58. The molecule has 0 saturated heterocycles. The maximum atomic E-state index is 12.7. The number of hydrogen-bond donors (Lipinski definition) is 0. The molecular weight excluding hydrogens is 245 g/mol. The lowest BCUT2D eigenvalue weighted by molar-refractivity contribution is -0.137. The summed E-state index contributed by atoms with van der Waals surface area (Å²) in [6, 6.07) is 6.04. The molecule has 2 rings (SSSR count). The van der Waals surface area contributed by atoms with Gasteiger partial charge in [-0.15, -0.1) is 0 Å². The molecule has 1 aromatic carbocycles. The molecule has 0 N–H and O–H groups in total. The lowest BCUT2D eigenvalue weighted by Crippen LogP contribution is -2.15. The van der Waals surface area contributed by atoms with Crippen LogP contribution < -0.4 is 0 Å². The minimum absolute atomic E-state index is 0.255. The van der Waals surface area contributed by atoms with Crippen molar-refractivity contribution in [1.82, 2.24) is 9.97 Å². The highest BCUT2D eigenvalue weighted by molar-refractivity contribution is 6.07. The summed E-state index contributed by atoms with van der Waals surface area (Å²) in [6.45, 7) is 0. The third-order valence-electron chi connectivity index (χ3n) is 2.25. The summed E-state index contributed by atoms with van der Waals surface area (Å²) in [5.41, 5.74) is -1.43. The van der Waals surface area contributed by atoms with Crippen molar-refractivity contribution in [2.75, 3.05) is 0 Å². The van der Waals surface area contributed by atoms with E-state index in [1.165, 1.54) is 30.6 Å². The Morgan fingerprint density at radius 2 is 1.61 bits per heavy atom. The second-order valence-electron chi connectivity index (χ2n) is 3.44. The van der Waals surface area contributed by atoms with Gasteiger partial charge in [0, 0.05) is 18.0 Å². The molecule has 0 aliphatic heterocycles. The van der Waals surface area contributed by atoms with E-state index in [9.17, 15) is 18.0 Å². The van der Waals surface area contributed by atoms with E-state index in [-0.39, 0.29) is 5.82 Å². The van der Waals surface area contributed by atoms with Crippen molar-refractivity contribution < 1.29 is 18.0 Å². The monoisotopic (exact) mass is 252 g/mol. The highest BCUT2D eigenvalue weighted by Crippen LogP contribution is 2.32. The average Bonchev–Trinajstić information content (AvgIpc) is 2.38. The fraction of sp³-hybridized carbons (Fsp3) is 0.0833. The van der Waals surface area contributed by atoms with Crippen LogP contribution in [0.3, 0.4) is 0 Å². The third kappa shape index (κ3) is 2.37. The molecule has 3 nitrogen and oxygen atoms in total. The summed E-state index contributed by atoms with van der Waals surface area (Å²) in [7, 11) is 0. The number of carbonyl (C=O) groups is 1. The molecule has 1 aromatic heterocycles. The van der Waals surface area contributed by atoms with Gasteiger partial charge >= 0.3 is 6.18 Å². The van der Waals surface area contributed by atoms with Crippen molar-refractivity contribution in [3.05, 3.63) is 59.7 Å². The molecular formula is C12H7F3N2O. The van der Waals surface area contributed by atoms with Gasteiger partial charge in [-0.1, -0.05) is 18.2 Å². The van der Waals surface area contributed by atoms with Crippen molar-refractivity contribution >= 4 is 5.78 Å². The van der Waals surface area contributed by atoms with Crippen molar-refractivity contribution in [2.45, 2.75) is 6.18 Å². The number of rotatable bonds is 2. The second kappa shape index (κ2) is 4.56. The van der Waals surface area contributed by atoms with Crippen LogP contribution in [0.5, 0.6) is 0 Å². The zero-order valence-electron chi connectivity index (χ0n) is 8.98. The molecule has 18 heavy (non-hydrogen) atoms. The standard InChI is InChI=1S/C12H7F3N2O/c13-12(14,15)9-5-2-1-4-8(9)10(18)11-16-6-3-7-17-11/h1-7H. The number of alkyl halides is 3. The lowest BCUT2D eigenvalue weighted by Gasteiger charge is -2.10. The number of benzene rings is 1. The van der Waals surface area contributed by atoms with Crippen LogP contribution in [0.4, 0.5) is 13.2 Å². The molecule has 92 valence electrons. The Bertz CT molecular complexity index is 567. The third-order valence-corrected chi connectivity index (χ3v) is 2.25. The van der Waals surface area contributed by atoms with Gasteiger partial charge in [0.25, 0.3) is 0 Å². The molecule has 0 atom stereocenters. The number of hydrogen-bond acceptors (Lipinski definition) is 3. The van der Waals surface area contributed by atoms with Gasteiger partial charge in [-0.05, 0) is 12.1 Å². The Morgan fingerprint density at radius 1 is 1.00 bits per heavy atom. The predicted molar refractivity (Wildman–Crippen MR) is 56.9 cm³/mol. The first-order valence-electron chi connectivity index (χ1n) is 4.98. The highest BCUT2D eigenvalue weighted by atomic mass is 19.4. The van der Waals surface area contributed by atoms with Gasteiger partial charge in [0.2, 0.25) is 11.6 Å². The van der Waals surface area contributed by atoms with Crippen LogP contribution in [0, 0.1) is 0 Å². The van der Waals surface area contributed by atoms with Crippen LogP contribution in [0.15, 0.2) is 42.7 Å². The summed E-state index contributed by atoms with van der Waals surface area (Å²) in [5, 5.41) is 0. The van der Waals surface area contributed by atoms with E-state index in [1.54, 1.807) is 0 Å². The number of halogens is 3. The summed E-state index contributed by atoms with van der Waals surface area (Å²) in [6.07, 6.45) is -1.98. The van der Waals surface area contributed by atoms with E-state index in [1.807, 2.05) is 0 Å². The maximum Gasteiger partial charge on any atom is 0.417 e. The number of carbonyl (C=O) groups excluding carboxylic acids is 1. The van der Waals surface area contributed by atoms with E-state index in [0.717, 1.165) is 12.1 Å². The van der Waals surface area contributed by atoms with Crippen LogP contribution in [0.2, 0.25) is 0 Å². The largest absolute Gasteiger partial charge is 0.417 e. The van der Waals surface area contributed by atoms with Gasteiger partial charge in [-0.2, -0.15) is 13.2 Å². The Labute approximate surface area is 100 Å². The molecule has 6 heteroatoms. The van der Waals surface area contributed by atoms with Crippen LogP contribution in [-0.4, -0.2) is 15.8 Å². The summed E-state index contributed by atoms with van der Waals surface area (Å²) in [4.78, 5) is 19.2. The van der Waals surface area contributed by atoms with E-state index < -0.39 is 23.1 Å². The second-order valence-corrected chi connectivity index (χ2v) is 3.44. The van der Waals surface area contributed by atoms with E-state index in [2.05, 4.69) is 9.97 Å². The zero-order valence-corrected chi connectivity index (χ0v) is 8.98. The first kappa shape index (κ1) is 12.2. The molecule has 0 spiro atoms. The van der Waals surface area contributed by atoms with E-state index in [0.29, 0.717) is 0 Å². The number of aromatic nitrogens is 2. The SMILES string of the molecule is O=C(c1ncccn1)c1ccccc1C(F)(F)F. The van der Waals surface area contributed by atoms with Gasteiger partial charge in [0.15, 0.2) is 0 Å². The fourth-order valence-corrected chi connectivity index (χ4v) is 1.47. The summed E-state index contributed by atoms with van der Waals surface area (Å²) in [5.74, 6) is -1.10. The predicted octanol–water partition coefficient (Wildman–Crippen LogP) is 2.73. The summed E-state index contributed by atoms with van der Waals surface area (Å²) < 4.78 is 38.2. The van der Waals surface area contributed by atoms with Gasteiger partial charge in [-0.25, -0.2) is 9.97 Å².